The third-order valence-electron chi connectivity index (χ3n) is 2.49. The van der Waals surface area contributed by atoms with Gasteiger partial charge in [0.25, 0.3) is 0 Å². The summed E-state index contributed by atoms with van der Waals surface area (Å²) in [6.45, 7) is 8.65. The van der Waals surface area contributed by atoms with Crippen molar-refractivity contribution < 1.29 is 9.53 Å². The van der Waals surface area contributed by atoms with Gasteiger partial charge in [-0.2, -0.15) is 0 Å². The van der Waals surface area contributed by atoms with Crippen molar-refractivity contribution in [2.45, 2.75) is 52.6 Å². The molecular weight excluding hydrogens is 282 g/mol. The molecule has 0 aliphatic heterocycles. The third-order valence-corrected chi connectivity index (χ3v) is 3.05. The maximum absolute atomic E-state index is 11.7. The molecule has 0 saturated heterocycles. The lowest BCUT2D eigenvalue weighted by atomic mass is 10.0. The molecule has 0 heterocycles. The predicted octanol–water partition coefficient (Wildman–Crippen LogP) is 4.05. The molecule has 3 nitrogen and oxygen atoms in total. The molecule has 1 amide bonds. The Bertz CT molecular complexity index is 226. The van der Waals surface area contributed by atoms with Crippen LogP contribution in [0.15, 0.2) is 0 Å². The minimum absolute atomic E-state index is 0.231. The van der Waals surface area contributed by atoms with Gasteiger partial charge in [-0.3, -0.25) is 0 Å². The molecule has 0 aromatic rings. The van der Waals surface area contributed by atoms with E-state index in [-0.39, 0.29) is 6.09 Å². The first-order valence-corrected chi connectivity index (χ1v) is 7.38. The zero-order chi connectivity index (χ0) is 13.5. The first-order chi connectivity index (χ1) is 7.76. The summed E-state index contributed by atoms with van der Waals surface area (Å²) in [5.41, 5.74) is -0.410. The van der Waals surface area contributed by atoms with Gasteiger partial charge >= 0.3 is 6.09 Å². The first kappa shape index (κ1) is 16.8. The fourth-order valence-corrected chi connectivity index (χ4v) is 1.74. The van der Waals surface area contributed by atoms with Crippen LogP contribution in [0.25, 0.3) is 0 Å². The quantitative estimate of drug-likeness (QED) is 0.693. The van der Waals surface area contributed by atoms with Gasteiger partial charge < -0.3 is 9.64 Å². The maximum Gasteiger partial charge on any atom is 0.410 e. The van der Waals surface area contributed by atoms with Crippen molar-refractivity contribution >= 4 is 22.0 Å². The monoisotopic (exact) mass is 307 g/mol. The van der Waals surface area contributed by atoms with Crippen molar-refractivity contribution in [3.63, 3.8) is 0 Å². The van der Waals surface area contributed by atoms with Crippen LogP contribution in [0.1, 0.15) is 47.0 Å². The van der Waals surface area contributed by atoms with Crippen LogP contribution < -0.4 is 0 Å². The summed E-state index contributed by atoms with van der Waals surface area (Å²) in [6, 6.07) is 0. The van der Waals surface area contributed by atoms with Gasteiger partial charge in [0.15, 0.2) is 0 Å². The second-order valence-electron chi connectivity index (χ2n) is 5.63. The van der Waals surface area contributed by atoms with E-state index >= 15 is 0 Å². The number of carbonyl (C=O) groups excluding carboxylic acids is 1. The molecule has 1 atom stereocenters. The van der Waals surface area contributed by atoms with Crippen LogP contribution in [0.2, 0.25) is 0 Å². The molecule has 0 radical (unpaired) electrons. The van der Waals surface area contributed by atoms with Crippen LogP contribution in [0.4, 0.5) is 4.79 Å². The Hall–Kier alpha value is -0.250. The largest absolute Gasteiger partial charge is 0.444 e. The van der Waals surface area contributed by atoms with Crippen LogP contribution in [-0.2, 0) is 4.74 Å². The lowest BCUT2D eigenvalue weighted by Crippen LogP contribution is -2.35. The summed E-state index contributed by atoms with van der Waals surface area (Å²) in [7, 11) is 1.80. The van der Waals surface area contributed by atoms with Crippen LogP contribution >= 0.6 is 15.9 Å². The molecule has 0 bridgehead atoms. The molecular formula is C13H26BrNO2. The number of halogens is 1. The van der Waals surface area contributed by atoms with Gasteiger partial charge in [0, 0.05) is 18.9 Å². The summed E-state index contributed by atoms with van der Waals surface area (Å²) in [5, 5.41) is 1.05. The average molecular weight is 308 g/mol. The molecule has 0 aliphatic carbocycles. The highest BCUT2D eigenvalue weighted by molar-refractivity contribution is 9.09. The molecule has 4 heteroatoms. The topological polar surface area (TPSA) is 29.5 Å². The van der Waals surface area contributed by atoms with E-state index in [1.165, 1.54) is 12.8 Å². The minimum Gasteiger partial charge on any atom is -0.444 e. The van der Waals surface area contributed by atoms with Crippen molar-refractivity contribution in [3.05, 3.63) is 0 Å². The molecule has 0 saturated carbocycles. The average Bonchev–Trinajstić information content (AvgIpc) is 2.20. The van der Waals surface area contributed by atoms with Crippen LogP contribution in [-0.4, -0.2) is 35.5 Å². The van der Waals surface area contributed by atoms with Crippen LogP contribution in [0, 0.1) is 5.92 Å². The smallest absolute Gasteiger partial charge is 0.410 e. The predicted molar refractivity (Wildman–Crippen MR) is 75.7 cm³/mol. The van der Waals surface area contributed by atoms with E-state index in [0.29, 0.717) is 5.92 Å². The number of carbonyl (C=O) groups is 1. The number of rotatable bonds is 6. The molecule has 0 aromatic heterocycles. The molecule has 0 aliphatic rings. The lowest BCUT2D eigenvalue weighted by molar-refractivity contribution is 0.0291. The SMILES string of the molecule is CC(CCCBr)CCN(C)C(=O)OC(C)(C)C. The molecule has 0 spiro atoms. The maximum atomic E-state index is 11.7. The van der Waals surface area contributed by atoms with E-state index < -0.39 is 5.60 Å². The summed E-state index contributed by atoms with van der Waals surface area (Å²) in [4.78, 5) is 13.3. The standard InChI is InChI=1S/C13H26BrNO2/c1-11(7-6-9-14)8-10-15(5)12(16)17-13(2,3)4/h11H,6-10H2,1-5H3. The van der Waals surface area contributed by atoms with Crippen LogP contribution in [0.5, 0.6) is 0 Å². The van der Waals surface area contributed by atoms with Crippen molar-refractivity contribution in [2.75, 3.05) is 18.9 Å². The van der Waals surface area contributed by atoms with Crippen molar-refractivity contribution in [1.29, 1.82) is 0 Å². The Labute approximate surface area is 114 Å². The highest BCUT2D eigenvalue weighted by Gasteiger charge is 2.19. The normalized spacial score (nSPS) is 13.3. The van der Waals surface area contributed by atoms with E-state index in [4.69, 9.17) is 4.74 Å². The highest BCUT2D eigenvalue weighted by Crippen LogP contribution is 2.13. The molecule has 0 aromatic carbocycles. The van der Waals surface area contributed by atoms with Gasteiger partial charge in [-0.1, -0.05) is 22.9 Å². The molecule has 0 N–H and O–H groups in total. The third kappa shape index (κ3) is 9.45. The first-order valence-electron chi connectivity index (χ1n) is 6.26. The molecule has 0 rings (SSSR count). The van der Waals surface area contributed by atoms with Crippen LogP contribution in [0.3, 0.4) is 0 Å². The van der Waals surface area contributed by atoms with Gasteiger partial charge in [0.2, 0.25) is 0 Å². The number of alkyl halides is 1. The number of amides is 1. The highest BCUT2D eigenvalue weighted by atomic mass is 79.9. The number of hydrogen-bond acceptors (Lipinski definition) is 2. The second kappa shape index (κ2) is 7.96. The Balaban J connectivity index is 3.85. The summed E-state index contributed by atoms with van der Waals surface area (Å²) < 4.78 is 5.29. The zero-order valence-corrected chi connectivity index (χ0v) is 13.3. The van der Waals surface area contributed by atoms with Gasteiger partial charge in [-0.25, -0.2) is 4.79 Å². The van der Waals surface area contributed by atoms with Crippen molar-refractivity contribution in [1.82, 2.24) is 4.90 Å². The summed E-state index contributed by atoms with van der Waals surface area (Å²) in [6.07, 6.45) is 3.19. The van der Waals surface area contributed by atoms with Gasteiger partial charge in [-0.05, 0) is 46.0 Å². The Morgan fingerprint density at radius 1 is 1.35 bits per heavy atom. The summed E-state index contributed by atoms with van der Waals surface area (Å²) in [5.74, 6) is 0.650. The van der Waals surface area contributed by atoms with E-state index in [2.05, 4.69) is 22.9 Å². The molecule has 1 unspecified atom stereocenters. The lowest BCUT2D eigenvalue weighted by Gasteiger charge is -2.25. The molecule has 0 fully saturated rings. The van der Waals surface area contributed by atoms with E-state index in [1.807, 2.05) is 20.8 Å². The second-order valence-corrected chi connectivity index (χ2v) is 6.42. The van der Waals surface area contributed by atoms with Crippen molar-refractivity contribution in [3.8, 4) is 0 Å². The van der Waals surface area contributed by atoms with E-state index in [1.54, 1.807) is 11.9 Å². The van der Waals surface area contributed by atoms with Gasteiger partial charge in [-0.15, -0.1) is 0 Å². The zero-order valence-electron chi connectivity index (χ0n) is 11.8. The minimum atomic E-state index is -0.410. The van der Waals surface area contributed by atoms with Gasteiger partial charge in [0.05, 0.1) is 0 Å². The molecule has 102 valence electrons. The van der Waals surface area contributed by atoms with E-state index in [9.17, 15) is 4.79 Å². The Morgan fingerprint density at radius 2 is 1.94 bits per heavy atom. The van der Waals surface area contributed by atoms with E-state index in [0.717, 1.165) is 18.3 Å². The Morgan fingerprint density at radius 3 is 2.41 bits per heavy atom. The summed E-state index contributed by atoms with van der Waals surface area (Å²) >= 11 is 3.43. The number of hydrogen-bond donors (Lipinski definition) is 0. The number of ether oxygens (including phenoxy) is 1. The molecule has 17 heavy (non-hydrogen) atoms. The van der Waals surface area contributed by atoms with Crippen molar-refractivity contribution in [2.24, 2.45) is 5.92 Å². The Kier molecular flexibility index (Phi) is 7.84. The number of nitrogens with zero attached hydrogens (tertiary/aromatic N) is 1. The fraction of sp³-hybridized carbons (Fsp3) is 0.923. The van der Waals surface area contributed by atoms with Gasteiger partial charge in [0.1, 0.15) is 5.60 Å². The fourth-order valence-electron chi connectivity index (χ4n) is 1.42.